The summed E-state index contributed by atoms with van der Waals surface area (Å²) in [5.41, 5.74) is 1.66. The maximum absolute atomic E-state index is 11.8. The Balaban J connectivity index is 1.92. The number of rotatable bonds is 3. The molecule has 2 heterocycles. The fraction of sp³-hybridized carbons (Fsp3) is 0.571. The van der Waals surface area contributed by atoms with Crippen molar-refractivity contribution in [1.82, 2.24) is 10.3 Å². The highest BCUT2D eigenvalue weighted by atomic mass is 16.6. The van der Waals surface area contributed by atoms with Gasteiger partial charge in [-0.1, -0.05) is 13.8 Å². The molecule has 0 radical (unpaired) electrons. The van der Waals surface area contributed by atoms with Crippen molar-refractivity contribution in [1.29, 1.82) is 0 Å². The van der Waals surface area contributed by atoms with Gasteiger partial charge in [-0.25, -0.2) is 4.98 Å². The molecular weight excluding hydrogens is 258 g/mol. The van der Waals surface area contributed by atoms with Crippen LogP contribution in [0.4, 0.5) is 5.82 Å². The summed E-state index contributed by atoms with van der Waals surface area (Å²) in [7, 11) is 0. The molecule has 3 rings (SSSR count). The first-order valence-corrected chi connectivity index (χ1v) is 6.97. The molecule has 1 aliphatic heterocycles. The van der Waals surface area contributed by atoms with Gasteiger partial charge in [0.1, 0.15) is 5.82 Å². The summed E-state index contributed by atoms with van der Waals surface area (Å²) >= 11 is 0. The van der Waals surface area contributed by atoms with Crippen LogP contribution in [0.25, 0.3) is 0 Å². The molecule has 20 heavy (non-hydrogen) atoms. The molecule has 1 aromatic heterocycles. The van der Waals surface area contributed by atoms with Crippen LogP contribution in [0.1, 0.15) is 43.9 Å². The summed E-state index contributed by atoms with van der Waals surface area (Å²) in [6.45, 7) is 4.50. The number of carbonyl (C=O) groups excluding carboxylic acids is 1. The van der Waals surface area contributed by atoms with Gasteiger partial charge >= 0.3 is 0 Å². The van der Waals surface area contributed by atoms with Crippen LogP contribution >= 0.6 is 0 Å². The predicted molar refractivity (Wildman–Crippen MR) is 73.2 cm³/mol. The molecule has 0 bridgehead atoms. The van der Waals surface area contributed by atoms with Gasteiger partial charge in [-0.05, 0) is 24.8 Å². The van der Waals surface area contributed by atoms with Crippen LogP contribution in [0.2, 0.25) is 0 Å². The molecule has 0 saturated heterocycles. The van der Waals surface area contributed by atoms with E-state index in [-0.39, 0.29) is 17.7 Å². The Morgan fingerprint density at radius 1 is 1.55 bits per heavy atom. The van der Waals surface area contributed by atoms with Crippen LogP contribution in [0.3, 0.4) is 0 Å². The first-order valence-electron chi connectivity index (χ1n) is 6.97. The molecule has 3 N–H and O–H groups in total. The van der Waals surface area contributed by atoms with Crippen LogP contribution in [-0.2, 0) is 11.3 Å². The van der Waals surface area contributed by atoms with Crippen molar-refractivity contribution in [2.45, 2.75) is 45.6 Å². The molecule has 6 nitrogen and oxygen atoms in total. The van der Waals surface area contributed by atoms with E-state index < -0.39 is 6.41 Å². The minimum Gasteiger partial charge on any atom is -0.449 e. The number of aromatic nitrogens is 1. The third-order valence-corrected chi connectivity index (χ3v) is 3.57. The number of nitrogens with one attached hydrogen (secondary N) is 2. The lowest BCUT2D eigenvalue weighted by Crippen LogP contribution is -2.38. The summed E-state index contributed by atoms with van der Waals surface area (Å²) in [6.07, 6.45) is 0.920. The Labute approximate surface area is 117 Å². The van der Waals surface area contributed by atoms with E-state index in [1.54, 1.807) is 0 Å². The van der Waals surface area contributed by atoms with Crippen molar-refractivity contribution in [2.24, 2.45) is 5.92 Å². The van der Waals surface area contributed by atoms with Gasteiger partial charge in [-0.3, -0.25) is 10.1 Å². The lowest BCUT2D eigenvalue weighted by molar-refractivity contribution is -0.117. The minimum atomic E-state index is -1.01. The number of hydrogen-bond acceptors (Lipinski definition) is 5. The molecule has 1 fully saturated rings. The zero-order chi connectivity index (χ0) is 14.3. The quantitative estimate of drug-likeness (QED) is 0.776. The number of anilines is 1. The maximum atomic E-state index is 11.8. The van der Waals surface area contributed by atoms with Crippen molar-refractivity contribution < 1.29 is 14.6 Å². The molecule has 6 heteroatoms. The van der Waals surface area contributed by atoms with Gasteiger partial charge in [-0.2, -0.15) is 0 Å². The molecule has 1 saturated carbocycles. The lowest BCUT2D eigenvalue weighted by Gasteiger charge is -2.26. The summed E-state index contributed by atoms with van der Waals surface area (Å²) < 4.78 is 5.41. The van der Waals surface area contributed by atoms with Crippen molar-refractivity contribution in [3.8, 4) is 5.75 Å². The van der Waals surface area contributed by atoms with E-state index >= 15 is 0 Å². The Hall–Kier alpha value is -1.66. The number of pyridine rings is 1. The zero-order valence-corrected chi connectivity index (χ0v) is 11.6. The number of amides is 1. The van der Waals surface area contributed by atoms with Gasteiger partial charge in [0.25, 0.3) is 6.41 Å². The summed E-state index contributed by atoms with van der Waals surface area (Å²) in [5, 5.41) is 15.2. The van der Waals surface area contributed by atoms with E-state index in [9.17, 15) is 9.90 Å². The Kier molecular flexibility index (Phi) is 3.35. The topological polar surface area (TPSA) is 83.5 Å². The van der Waals surface area contributed by atoms with E-state index in [1.165, 1.54) is 0 Å². The average molecular weight is 277 g/mol. The summed E-state index contributed by atoms with van der Waals surface area (Å²) in [6, 6.07) is 1.84. The fourth-order valence-corrected chi connectivity index (χ4v) is 2.27. The third kappa shape index (κ3) is 2.62. The number of ether oxygens (including phenoxy) is 1. The molecule has 1 aromatic rings. The number of carbonyl (C=O) groups is 1. The highest BCUT2D eigenvalue weighted by Crippen LogP contribution is 2.35. The van der Waals surface area contributed by atoms with Crippen LogP contribution in [0.5, 0.6) is 5.75 Å². The lowest BCUT2D eigenvalue weighted by atomic mass is 10.0. The van der Waals surface area contributed by atoms with E-state index in [0.29, 0.717) is 23.8 Å². The number of nitrogens with zero attached hydrogens (tertiary/aromatic N) is 1. The van der Waals surface area contributed by atoms with Crippen LogP contribution in [-0.4, -0.2) is 22.4 Å². The highest BCUT2D eigenvalue weighted by Gasteiger charge is 2.30. The SMILES string of the molecule is CC(C)c1cc(NC(=O)C2CC2)nc2c1OC(O)NC2. The van der Waals surface area contributed by atoms with Crippen molar-refractivity contribution in [3.63, 3.8) is 0 Å². The Bertz CT molecular complexity index is 541. The molecular formula is C14H19N3O3. The number of aliphatic hydroxyl groups is 1. The number of fused-ring (bicyclic) bond motifs is 1. The highest BCUT2D eigenvalue weighted by molar-refractivity contribution is 5.93. The molecule has 1 aliphatic carbocycles. The summed E-state index contributed by atoms with van der Waals surface area (Å²) in [4.78, 5) is 16.2. The first kappa shape index (κ1) is 13.3. The van der Waals surface area contributed by atoms with E-state index in [4.69, 9.17) is 4.74 Å². The Morgan fingerprint density at radius 3 is 2.95 bits per heavy atom. The van der Waals surface area contributed by atoms with Gasteiger partial charge in [0.05, 0.1) is 5.69 Å². The van der Waals surface area contributed by atoms with Crippen molar-refractivity contribution >= 4 is 11.7 Å². The van der Waals surface area contributed by atoms with E-state index in [0.717, 1.165) is 18.4 Å². The largest absolute Gasteiger partial charge is 0.449 e. The fourth-order valence-electron chi connectivity index (χ4n) is 2.27. The normalized spacial score (nSPS) is 21.3. The number of hydrogen-bond donors (Lipinski definition) is 3. The molecule has 1 atom stereocenters. The first-order chi connectivity index (χ1) is 9.54. The molecule has 0 aromatic carbocycles. The van der Waals surface area contributed by atoms with Crippen LogP contribution < -0.4 is 15.4 Å². The molecule has 1 unspecified atom stereocenters. The van der Waals surface area contributed by atoms with Crippen molar-refractivity contribution in [2.75, 3.05) is 5.32 Å². The summed E-state index contributed by atoms with van der Waals surface area (Å²) in [5.74, 6) is 1.58. The van der Waals surface area contributed by atoms with E-state index in [1.807, 2.05) is 19.9 Å². The van der Waals surface area contributed by atoms with Gasteiger partial charge in [0.2, 0.25) is 5.91 Å². The average Bonchev–Trinajstić information content (AvgIpc) is 3.22. The van der Waals surface area contributed by atoms with Gasteiger partial charge in [0.15, 0.2) is 5.75 Å². The maximum Gasteiger partial charge on any atom is 0.257 e. The molecule has 2 aliphatic rings. The van der Waals surface area contributed by atoms with Gasteiger partial charge < -0.3 is 15.2 Å². The van der Waals surface area contributed by atoms with E-state index in [2.05, 4.69) is 15.6 Å². The standard InChI is InChI=1S/C14H19N3O3/c1-7(2)9-5-11(17-13(18)8-3-4-8)16-10-6-15-14(19)20-12(9)10/h5,7-8,14-15,19H,3-4,6H2,1-2H3,(H,16,17,18). The van der Waals surface area contributed by atoms with Crippen molar-refractivity contribution in [3.05, 3.63) is 17.3 Å². The monoisotopic (exact) mass is 277 g/mol. The predicted octanol–water partition coefficient (Wildman–Crippen LogP) is 1.31. The second-order valence-corrected chi connectivity index (χ2v) is 5.64. The van der Waals surface area contributed by atoms with Gasteiger partial charge in [-0.15, -0.1) is 0 Å². The number of aliphatic hydroxyl groups excluding tert-OH is 1. The zero-order valence-electron chi connectivity index (χ0n) is 11.6. The minimum absolute atomic E-state index is 0.0388. The second kappa shape index (κ2) is 5.03. The second-order valence-electron chi connectivity index (χ2n) is 5.64. The Morgan fingerprint density at radius 2 is 2.30 bits per heavy atom. The molecule has 0 spiro atoms. The van der Waals surface area contributed by atoms with Gasteiger partial charge in [0, 0.05) is 18.0 Å². The molecule has 108 valence electrons. The van der Waals surface area contributed by atoms with Crippen LogP contribution in [0, 0.1) is 5.92 Å². The third-order valence-electron chi connectivity index (χ3n) is 3.57. The van der Waals surface area contributed by atoms with Crippen LogP contribution in [0.15, 0.2) is 6.07 Å². The smallest absolute Gasteiger partial charge is 0.257 e. The molecule has 1 amide bonds.